The fourth-order valence-electron chi connectivity index (χ4n) is 3.47. The molecule has 0 saturated heterocycles. The van der Waals surface area contributed by atoms with Crippen molar-refractivity contribution in [1.29, 1.82) is 0 Å². The Morgan fingerprint density at radius 3 is 2.65 bits per heavy atom. The van der Waals surface area contributed by atoms with Crippen molar-refractivity contribution in [1.82, 2.24) is 4.90 Å². The quantitative estimate of drug-likeness (QED) is 0.761. The summed E-state index contributed by atoms with van der Waals surface area (Å²) in [6, 6.07) is 2.87. The van der Waals surface area contributed by atoms with E-state index in [2.05, 4.69) is 4.99 Å². The first kappa shape index (κ1) is 15.5. The molecule has 0 radical (unpaired) electrons. The average Bonchev–Trinajstić information content (AvgIpc) is 2.91. The van der Waals surface area contributed by atoms with Gasteiger partial charge in [-0.2, -0.15) is 0 Å². The summed E-state index contributed by atoms with van der Waals surface area (Å²) in [6.07, 6.45) is 1.81. The molecule has 2 heterocycles. The highest BCUT2D eigenvalue weighted by Gasteiger charge is 2.55. The van der Waals surface area contributed by atoms with Gasteiger partial charge >= 0.3 is 11.9 Å². The Labute approximate surface area is 132 Å². The molecule has 0 aliphatic carbocycles. The lowest BCUT2D eigenvalue weighted by Gasteiger charge is -2.46. The van der Waals surface area contributed by atoms with E-state index in [1.165, 1.54) is 32.7 Å². The number of benzene rings is 1. The number of hydrogen-bond acceptors (Lipinski definition) is 6. The molecule has 6 nitrogen and oxygen atoms in total. The second-order valence-electron chi connectivity index (χ2n) is 5.79. The lowest BCUT2D eigenvalue weighted by Crippen LogP contribution is -2.59. The third-order valence-corrected chi connectivity index (χ3v) is 4.67. The molecule has 0 unspecified atom stereocenters. The van der Waals surface area contributed by atoms with Crippen molar-refractivity contribution in [2.24, 2.45) is 4.99 Å². The molecule has 1 aromatic rings. The molecule has 0 spiro atoms. The number of ether oxygens (including phenoxy) is 2. The molecule has 2 aliphatic heterocycles. The summed E-state index contributed by atoms with van der Waals surface area (Å²) in [6.45, 7) is 1.76. The van der Waals surface area contributed by atoms with Crippen molar-refractivity contribution in [3.05, 3.63) is 35.1 Å². The van der Waals surface area contributed by atoms with Crippen LogP contribution in [0.25, 0.3) is 0 Å². The van der Waals surface area contributed by atoms with E-state index in [0.717, 1.165) is 5.56 Å². The monoisotopic (exact) mass is 320 g/mol. The van der Waals surface area contributed by atoms with Gasteiger partial charge in [0.15, 0.2) is 6.04 Å². The van der Waals surface area contributed by atoms with Crippen LogP contribution in [-0.2, 0) is 31.0 Å². The Bertz CT molecular complexity index is 705. The van der Waals surface area contributed by atoms with Crippen LogP contribution < -0.4 is 0 Å². The van der Waals surface area contributed by atoms with Gasteiger partial charge in [0.2, 0.25) is 0 Å². The maximum atomic E-state index is 13.8. The van der Waals surface area contributed by atoms with Gasteiger partial charge in [-0.15, -0.1) is 0 Å². The zero-order chi connectivity index (χ0) is 16.8. The highest BCUT2D eigenvalue weighted by molar-refractivity contribution is 5.87. The maximum Gasteiger partial charge on any atom is 0.333 e. The first-order valence-electron chi connectivity index (χ1n) is 7.19. The third kappa shape index (κ3) is 2.10. The molecular weight excluding hydrogens is 303 g/mol. The van der Waals surface area contributed by atoms with E-state index < -0.39 is 35.4 Å². The topological polar surface area (TPSA) is 68.2 Å². The van der Waals surface area contributed by atoms with Crippen molar-refractivity contribution in [3.63, 3.8) is 0 Å². The molecule has 122 valence electrons. The molecule has 3 atom stereocenters. The van der Waals surface area contributed by atoms with Gasteiger partial charge < -0.3 is 14.4 Å². The van der Waals surface area contributed by atoms with Crippen LogP contribution in [0.1, 0.15) is 18.1 Å². The molecule has 7 heteroatoms. The molecule has 2 aliphatic rings. The van der Waals surface area contributed by atoms with E-state index >= 15 is 0 Å². The van der Waals surface area contributed by atoms with Crippen LogP contribution in [0.15, 0.2) is 23.2 Å². The van der Waals surface area contributed by atoms with E-state index in [1.54, 1.807) is 17.9 Å². The van der Waals surface area contributed by atoms with Crippen molar-refractivity contribution < 1.29 is 23.5 Å². The Balaban J connectivity index is 2.18. The average molecular weight is 320 g/mol. The predicted molar refractivity (Wildman–Crippen MR) is 79.4 cm³/mol. The Kier molecular flexibility index (Phi) is 3.58. The Hall–Kier alpha value is -2.44. The molecule has 0 fully saturated rings. The number of esters is 2. The van der Waals surface area contributed by atoms with Gasteiger partial charge in [0.05, 0.1) is 26.1 Å². The van der Waals surface area contributed by atoms with Crippen LogP contribution >= 0.6 is 0 Å². The number of halogens is 1. The minimum absolute atomic E-state index is 0.359. The summed E-state index contributed by atoms with van der Waals surface area (Å²) in [5.74, 6) is -1.37. The summed E-state index contributed by atoms with van der Waals surface area (Å²) >= 11 is 0. The number of nitrogens with zero attached hydrogens (tertiary/aromatic N) is 2. The van der Waals surface area contributed by atoms with Gasteiger partial charge in [0.1, 0.15) is 11.9 Å². The number of carbonyl (C=O) groups is 2. The molecule has 0 N–H and O–H groups in total. The number of rotatable bonds is 2. The van der Waals surface area contributed by atoms with Crippen LogP contribution in [0.5, 0.6) is 0 Å². The molecule has 1 aromatic carbocycles. The fraction of sp³-hybridized carbons (Fsp3) is 0.438. The van der Waals surface area contributed by atoms with Gasteiger partial charge in [0.25, 0.3) is 0 Å². The first-order valence-corrected chi connectivity index (χ1v) is 7.19. The van der Waals surface area contributed by atoms with Crippen LogP contribution in [-0.4, -0.2) is 49.5 Å². The van der Waals surface area contributed by atoms with Crippen LogP contribution in [0, 0.1) is 5.82 Å². The zero-order valence-corrected chi connectivity index (χ0v) is 13.1. The van der Waals surface area contributed by atoms with Gasteiger partial charge in [0, 0.05) is 6.42 Å². The minimum atomic E-state index is -0.998. The number of fused-ring (bicyclic) bond motifs is 3. The van der Waals surface area contributed by atoms with Crippen molar-refractivity contribution in [3.8, 4) is 0 Å². The molecule has 0 bridgehead atoms. The fourth-order valence-corrected chi connectivity index (χ4v) is 3.47. The summed E-state index contributed by atoms with van der Waals surface area (Å²) in [5, 5.41) is 0. The highest BCUT2D eigenvalue weighted by atomic mass is 19.1. The van der Waals surface area contributed by atoms with Gasteiger partial charge in [-0.3, -0.25) is 4.99 Å². The van der Waals surface area contributed by atoms with Gasteiger partial charge in [-0.05, 0) is 30.2 Å². The third-order valence-electron chi connectivity index (χ3n) is 4.67. The SMILES string of the molecule is COC(=O)[C@H]1N=CN2[C@H](C(=O)OC)Cc3ccc(F)cc3[C@@]12C. The number of aliphatic imine (C=N–C) groups is 1. The van der Waals surface area contributed by atoms with Gasteiger partial charge in [-0.1, -0.05) is 6.07 Å². The van der Waals surface area contributed by atoms with Crippen LogP contribution in [0.4, 0.5) is 4.39 Å². The number of hydrogen-bond donors (Lipinski definition) is 0. The zero-order valence-electron chi connectivity index (χ0n) is 13.1. The van der Waals surface area contributed by atoms with E-state index in [9.17, 15) is 14.0 Å². The summed E-state index contributed by atoms with van der Waals surface area (Å²) in [5.41, 5.74) is 0.423. The van der Waals surface area contributed by atoms with Crippen molar-refractivity contribution in [2.75, 3.05) is 14.2 Å². The summed E-state index contributed by atoms with van der Waals surface area (Å²) < 4.78 is 23.5. The highest BCUT2D eigenvalue weighted by Crippen LogP contribution is 2.44. The van der Waals surface area contributed by atoms with Crippen LogP contribution in [0.2, 0.25) is 0 Å². The molecule has 3 rings (SSSR count). The molecule has 0 amide bonds. The minimum Gasteiger partial charge on any atom is -0.467 e. The Morgan fingerprint density at radius 2 is 2.00 bits per heavy atom. The lowest BCUT2D eigenvalue weighted by atomic mass is 9.76. The number of methoxy groups -OCH3 is 2. The predicted octanol–water partition coefficient (Wildman–Crippen LogP) is 1.02. The van der Waals surface area contributed by atoms with E-state index in [4.69, 9.17) is 9.47 Å². The van der Waals surface area contributed by atoms with E-state index in [-0.39, 0.29) is 0 Å². The Morgan fingerprint density at radius 1 is 1.30 bits per heavy atom. The second-order valence-corrected chi connectivity index (χ2v) is 5.79. The lowest BCUT2D eigenvalue weighted by molar-refractivity contribution is -0.151. The standard InChI is InChI=1S/C16H17FN2O4/c1-16-11-7-10(17)5-4-9(11)6-12(14(20)22-2)19(16)8-18-13(16)15(21)23-3/h4-5,7-8,12-13H,6H2,1-3H3/t12-,13+,16-/m0/s1. The van der Waals surface area contributed by atoms with Gasteiger partial charge in [-0.25, -0.2) is 14.0 Å². The molecule has 23 heavy (non-hydrogen) atoms. The van der Waals surface area contributed by atoms with E-state index in [0.29, 0.717) is 12.0 Å². The number of carbonyl (C=O) groups excluding carboxylic acids is 2. The molecule has 0 saturated carbocycles. The molecular formula is C16H17FN2O4. The smallest absolute Gasteiger partial charge is 0.333 e. The largest absolute Gasteiger partial charge is 0.467 e. The first-order chi connectivity index (χ1) is 10.9. The second kappa shape index (κ2) is 5.33. The van der Waals surface area contributed by atoms with Crippen LogP contribution in [0.3, 0.4) is 0 Å². The van der Waals surface area contributed by atoms with Crippen molar-refractivity contribution >= 4 is 18.3 Å². The normalized spacial score (nSPS) is 28.1. The summed E-state index contributed by atoms with van der Waals surface area (Å²) in [4.78, 5) is 30.2. The summed E-state index contributed by atoms with van der Waals surface area (Å²) in [7, 11) is 2.59. The van der Waals surface area contributed by atoms with Crippen molar-refractivity contribution in [2.45, 2.75) is 31.0 Å². The maximum absolute atomic E-state index is 13.8. The van der Waals surface area contributed by atoms with E-state index in [1.807, 2.05) is 0 Å². The molecule has 0 aromatic heterocycles.